The van der Waals surface area contributed by atoms with Crippen LogP contribution in [-0.2, 0) is 0 Å². The van der Waals surface area contributed by atoms with Gasteiger partial charge in [-0.05, 0) is 38.3 Å². The van der Waals surface area contributed by atoms with Crippen LogP contribution in [0.1, 0.15) is 29.6 Å². The van der Waals surface area contributed by atoms with Gasteiger partial charge in [-0.2, -0.15) is 0 Å². The molecule has 3 heterocycles. The molecule has 3 aliphatic rings. The van der Waals surface area contributed by atoms with Gasteiger partial charge in [-0.15, -0.1) is 0 Å². The van der Waals surface area contributed by atoms with E-state index in [0.29, 0.717) is 5.78 Å². The maximum Gasteiger partial charge on any atom is 0.179 e. The van der Waals surface area contributed by atoms with Crippen molar-refractivity contribution in [2.24, 2.45) is 5.92 Å². The topological polar surface area (TPSA) is 20.3 Å². The van der Waals surface area contributed by atoms with Crippen molar-refractivity contribution in [3.05, 3.63) is 35.9 Å². The summed E-state index contributed by atoms with van der Waals surface area (Å²) in [5.41, 5.74) is 0.875. The standard InChI is InChI=1S/C14H17NO/c16-14(12-4-2-1-3-5-12)13-10-11-6-8-15(13)9-7-11/h1-5,11,13H,6-10H2. The van der Waals surface area contributed by atoms with Gasteiger partial charge in [0.1, 0.15) is 0 Å². The van der Waals surface area contributed by atoms with Crippen LogP contribution in [0.3, 0.4) is 0 Å². The lowest BCUT2D eigenvalue weighted by molar-refractivity contribution is 0.0407. The summed E-state index contributed by atoms with van der Waals surface area (Å²) >= 11 is 0. The van der Waals surface area contributed by atoms with Gasteiger partial charge in [-0.3, -0.25) is 9.69 Å². The fraction of sp³-hybridized carbons (Fsp3) is 0.500. The Labute approximate surface area is 96.3 Å². The Morgan fingerprint density at radius 2 is 1.81 bits per heavy atom. The number of benzene rings is 1. The van der Waals surface area contributed by atoms with Crippen LogP contribution in [0.15, 0.2) is 30.3 Å². The number of carbonyl (C=O) groups is 1. The minimum atomic E-state index is 0.162. The molecule has 2 bridgehead atoms. The predicted octanol–water partition coefficient (Wildman–Crippen LogP) is 2.35. The number of piperidine rings is 3. The third kappa shape index (κ3) is 1.67. The second kappa shape index (κ2) is 4.02. The second-order valence-electron chi connectivity index (χ2n) is 4.96. The lowest BCUT2D eigenvalue weighted by Gasteiger charge is -2.44. The Kier molecular flexibility index (Phi) is 2.52. The van der Waals surface area contributed by atoms with Crippen molar-refractivity contribution in [2.75, 3.05) is 13.1 Å². The molecule has 3 saturated heterocycles. The second-order valence-corrected chi connectivity index (χ2v) is 4.96. The molecule has 3 fully saturated rings. The van der Waals surface area contributed by atoms with Crippen molar-refractivity contribution in [1.29, 1.82) is 0 Å². The highest BCUT2D eigenvalue weighted by Crippen LogP contribution is 2.33. The molecule has 1 aromatic carbocycles. The number of hydrogen-bond acceptors (Lipinski definition) is 2. The van der Waals surface area contributed by atoms with Crippen molar-refractivity contribution >= 4 is 5.78 Å². The Bertz CT molecular complexity index is 379. The minimum Gasteiger partial charge on any atom is -0.293 e. The highest BCUT2D eigenvalue weighted by molar-refractivity contribution is 6.00. The molecule has 0 N–H and O–H groups in total. The molecular weight excluding hydrogens is 198 g/mol. The SMILES string of the molecule is O=C(c1ccccc1)C1CC2CCN1CC2. The first-order valence-corrected chi connectivity index (χ1v) is 6.18. The number of ketones is 1. The molecule has 0 aromatic heterocycles. The summed E-state index contributed by atoms with van der Waals surface area (Å²) in [7, 11) is 0. The maximum atomic E-state index is 12.3. The molecule has 0 saturated carbocycles. The molecule has 0 amide bonds. The third-order valence-corrected chi connectivity index (χ3v) is 4.01. The lowest BCUT2D eigenvalue weighted by Crippen LogP contribution is -2.52. The number of nitrogens with zero attached hydrogens (tertiary/aromatic N) is 1. The van der Waals surface area contributed by atoms with Gasteiger partial charge in [0.15, 0.2) is 5.78 Å². The predicted molar refractivity (Wildman–Crippen MR) is 63.5 cm³/mol. The van der Waals surface area contributed by atoms with E-state index in [1.54, 1.807) is 0 Å². The molecular formula is C14H17NO. The van der Waals surface area contributed by atoms with Gasteiger partial charge >= 0.3 is 0 Å². The van der Waals surface area contributed by atoms with Crippen molar-refractivity contribution in [3.8, 4) is 0 Å². The van der Waals surface area contributed by atoms with E-state index in [4.69, 9.17) is 0 Å². The molecule has 1 atom stereocenters. The van der Waals surface area contributed by atoms with Crippen LogP contribution in [0.5, 0.6) is 0 Å². The Balaban J connectivity index is 1.81. The van der Waals surface area contributed by atoms with Gasteiger partial charge in [0.25, 0.3) is 0 Å². The first-order valence-electron chi connectivity index (χ1n) is 6.18. The van der Waals surface area contributed by atoms with Crippen molar-refractivity contribution < 1.29 is 4.79 Å². The van der Waals surface area contributed by atoms with E-state index in [0.717, 1.165) is 31.0 Å². The van der Waals surface area contributed by atoms with E-state index in [1.165, 1.54) is 12.8 Å². The van der Waals surface area contributed by atoms with Gasteiger partial charge in [0.05, 0.1) is 6.04 Å². The average Bonchev–Trinajstić information content (AvgIpc) is 2.40. The maximum absolute atomic E-state index is 12.3. The van der Waals surface area contributed by atoms with Crippen LogP contribution >= 0.6 is 0 Å². The fourth-order valence-electron chi connectivity index (χ4n) is 3.03. The molecule has 1 unspecified atom stereocenters. The lowest BCUT2D eigenvalue weighted by atomic mass is 9.81. The molecule has 84 valence electrons. The summed E-state index contributed by atoms with van der Waals surface area (Å²) in [6, 6.07) is 9.89. The highest BCUT2D eigenvalue weighted by Gasteiger charge is 2.37. The van der Waals surface area contributed by atoms with E-state index in [-0.39, 0.29) is 6.04 Å². The fourth-order valence-corrected chi connectivity index (χ4v) is 3.03. The van der Waals surface area contributed by atoms with E-state index < -0.39 is 0 Å². The Hall–Kier alpha value is -1.15. The van der Waals surface area contributed by atoms with Gasteiger partial charge in [0.2, 0.25) is 0 Å². The molecule has 4 rings (SSSR count). The van der Waals surface area contributed by atoms with Crippen LogP contribution < -0.4 is 0 Å². The molecule has 16 heavy (non-hydrogen) atoms. The van der Waals surface area contributed by atoms with E-state index >= 15 is 0 Å². The zero-order chi connectivity index (χ0) is 11.0. The summed E-state index contributed by atoms with van der Waals surface area (Å²) < 4.78 is 0. The van der Waals surface area contributed by atoms with Crippen LogP contribution in [0, 0.1) is 5.92 Å². The number of fused-ring (bicyclic) bond motifs is 3. The summed E-state index contributed by atoms with van der Waals surface area (Å²) in [6.07, 6.45) is 3.66. The molecule has 1 aromatic rings. The van der Waals surface area contributed by atoms with Crippen LogP contribution in [-0.4, -0.2) is 29.8 Å². The molecule has 3 aliphatic heterocycles. The van der Waals surface area contributed by atoms with Crippen LogP contribution in [0.2, 0.25) is 0 Å². The first-order chi connectivity index (χ1) is 7.84. The summed E-state index contributed by atoms with van der Waals surface area (Å²) in [5, 5.41) is 0. The Morgan fingerprint density at radius 3 is 2.38 bits per heavy atom. The van der Waals surface area contributed by atoms with E-state index in [9.17, 15) is 4.79 Å². The van der Waals surface area contributed by atoms with Crippen molar-refractivity contribution in [1.82, 2.24) is 4.90 Å². The van der Waals surface area contributed by atoms with E-state index in [1.807, 2.05) is 30.3 Å². The normalized spacial score (nSPS) is 32.6. The van der Waals surface area contributed by atoms with Gasteiger partial charge < -0.3 is 0 Å². The van der Waals surface area contributed by atoms with Gasteiger partial charge in [0, 0.05) is 5.56 Å². The average molecular weight is 215 g/mol. The first kappa shape index (κ1) is 10.0. The zero-order valence-electron chi connectivity index (χ0n) is 9.43. The molecule has 2 nitrogen and oxygen atoms in total. The van der Waals surface area contributed by atoms with E-state index in [2.05, 4.69) is 4.90 Å². The van der Waals surface area contributed by atoms with Crippen molar-refractivity contribution in [2.45, 2.75) is 25.3 Å². The highest BCUT2D eigenvalue weighted by atomic mass is 16.1. The van der Waals surface area contributed by atoms with Crippen molar-refractivity contribution in [3.63, 3.8) is 0 Å². The smallest absolute Gasteiger partial charge is 0.179 e. The number of hydrogen-bond donors (Lipinski definition) is 0. The minimum absolute atomic E-state index is 0.162. The molecule has 2 heteroatoms. The van der Waals surface area contributed by atoms with Crippen LogP contribution in [0.4, 0.5) is 0 Å². The summed E-state index contributed by atoms with van der Waals surface area (Å²) in [5.74, 6) is 1.12. The summed E-state index contributed by atoms with van der Waals surface area (Å²) in [4.78, 5) is 14.7. The number of carbonyl (C=O) groups excluding carboxylic acids is 1. The molecule has 0 radical (unpaired) electrons. The summed E-state index contributed by atoms with van der Waals surface area (Å²) in [6.45, 7) is 2.24. The molecule has 0 spiro atoms. The number of rotatable bonds is 2. The largest absolute Gasteiger partial charge is 0.293 e. The molecule has 0 aliphatic carbocycles. The number of Topliss-reactive ketones (excluding diaryl/α,β-unsaturated/α-hetero) is 1. The Morgan fingerprint density at radius 1 is 1.12 bits per heavy atom. The van der Waals surface area contributed by atoms with Gasteiger partial charge in [-0.1, -0.05) is 30.3 Å². The monoisotopic (exact) mass is 215 g/mol. The zero-order valence-corrected chi connectivity index (χ0v) is 9.43. The van der Waals surface area contributed by atoms with Gasteiger partial charge in [-0.25, -0.2) is 0 Å². The van der Waals surface area contributed by atoms with Crippen LogP contribution in [0.25, 0.3) is 0 Å². The quantitative estimate of drug-likeness (QED) is 0.706. The third-order valence-electron chi connectivity index (χ3n) is 4.01.